The van der Waals surface area contributed by atoms with Crippen LogP contribution in [0, 0.1) is 12.7 Å². The van der Waals surface area contributed by atoms with Gasteiger partial charge in [-0.25, -0.2) is 17.8 Å². The molecule has 0 atom stereocenters. The molecule has 0 bridgehead atoms. The Bertz CT molecular complexity index is 1350. The van der Waals surface area contributed by atoms with Crippen LogP contribution < -0.4 is 10.9 Å². The Morgan fingerprint density at radius 2 is 1.94 bits per heavy atom. The number of benzene rings is 2. The molecule has 4 rings (SSSR count). The number of amides is 1. The first kappa shape index (κ1) is 22.1. The van der Waals surface area contributed by atoms with Crippen LogP contribution in [0.3, 0.4) is 0 Å². The Labute approximate surface area is 183 Å². The average molecular weight is 460 g/mol. The van der Waals surface area contributed by atoms with Crippen LogP contribution >= 0.6 is 0 Å². The standard InChI is InChI=1S/C21H21FN4O5S/c1-14-2-4-16(32(29,30)26-6-8-31-9-7-26)11-19(14)24-20(27)12-25-13-23-18-5-3-15(22)10-17(18)21(25)28/h2-5,10-11,13H,6-9,12H2,1H3,(H,24,27). The van der Waals surface area contributed by atoms with Crippen molar-refractivity contribution in [3.63, 3.8) is 0 Å². The third-order valence-corrected chi connectivity index (χ3v) is 7.09. The molecule has 1 fully saturated rings. The van der Waals surface area contributed by atoms with Crippen LogP contribution in [0.15, 0.2) is 52.4 Å². The smallest absolute Gasteiger partial charge is 0.261 e. The normalized spacial score (nSPS) is 15.1. The summed E-state index contributed by atoms with van der Waals surface area (Å²) in [6.45, 7) is 2.54. The highest BCUT2D eigenvalue weighted by Crippen LogP contribution is 2.23. The zero-order valence-electron chi connectivity index (χ0n) is 17.2. The van der Waals surface area contributed by atoms with Crippen LogP contribution in [0.5, 0.6) is 0 Å². The first-order chi connectivity index (χ1) is 15.3. The maximum absolute atomic E-state index is 13.5. The summed E-state index contributed by atoms with van der Waals surface area (Å²) in [4.78, 5) is 29.3. The molecule has 1 N–H and O–H groups in total. The summed E-state index contributed by atoms with van der Waals surface area (Å²) in [6.07, 6.45) is 1.22. The summed E-state index contributed by atoms with van der Waals surface area (Å²) in [5.41, 5.74) is 0.748. The highest BCUT2D eigenvalue weighted by atomic mass is 32.2. The number of ether oxygens (including phenoxy) is 1. The van der Waals surface area contributed by atoms with Gasteiger partial charge in [-0.15, -0.1) is 0 Å². The lowest BCUT2D eigenvalue weighted by Crippen LogP contribution is -2.40. The molecular weight excluding hydrogens is 439 g/mol. The summed E-state index contributed by atoms with van der Waals surface area (Å²) in [5.74, 6) is -1.12. The lowest BCUT2D eigenvalue weighted by Gasteiger charge is -2.26. The van der Waals surface area contributed by atoms with Crippen molar-refractivity contribution in [1.82, 2.24) is 13.9 Å². The molecule has 0 saturated carbocycles. The summed E-state index contributed by atoms with van der Waals surface area (Å²) in [7, 11) is -3.73. The number of anilines is 1. The van der Waals surface area contributed by atoms with Gasteiger partial charge >= 0.3 is 0 Å². The van der Waals surface area contributed by atoms with Gasteiger partial charge in [0.25, 0.3) is 5.56 Å². The number of carbonyl (C=O) groups is 1. The van der Waals surface area contributed by atoms with E-state index in [2.05, 4.69) is 10.3 Å². The van der Waals surface area contributed by atoms with Crippen LogP contribution in [-0.2, 0) is 26.1 Å². The monoisotopic (exact) mass is 460 g/mol. The molecule has 32 heavy (non-hydrogen) atoms. The third kappa shape index (κ3) is 4.40. The zero-order chi connectivity index (χ0) is 22.9. The van der Waals surface area contributed by atoms with Gasteiger partial charge in [-0.2, -0.15) is 4.31 Å². The van der Waals surface area contributed by atoms with E-state index in [1.807, 2.05) is 0 Å². The molecule has 11 heteroatoms. The predicted molar refractivity (Wildman–Crippen MR) is 115 cm³/mol. The molecule has 0 aliphatic carbocycles. The minimum absolute atomic E-state index is 0.0558. The number of hydrogen-bond acceptors (Lipinski definition) is 6. The molecular formula is C21H21FN4O5S. The van der Waals surface area contributed by atoms with Gasteiger partial charge in [-0.1, -0.05) is 6.07 Å². The lowest BCUT2D eigenvalue weighted by atomic mass is 10.2. The number of hydrogen-bond donors (Lipinski definition) is 1. The van der Waals surface area contributed by atoms with Gasteiger partial charge in [-0.3, -0.25) is 14.2 Å². The number of aromatic nitrogens is 2. The number of fused-ring (bicyclic) bond motifs is 1. The number of rotatable bonds is 5. The molecule has 1 amide bonds. The number of sulfonamides is 1. The van der Waals surface area contributed by atoms with Crippen LogP contribution in [0.4, 0.5) is 10.1 Å². The Morgan fingerprint density at radius 1 is 1.19 bits per heavy atom. The van der Waals surface area contributed by atoms with Crippen molar-refractivity contribution < 1.29 is 22.3 Å². The minimum Gasteiger partial charge on any atom is -0.379 e. The third-order valence-electron chi connectivity index (χ3n) is 5.19. The van der Waals surface area contributed by atoms with Crippen LogP contribution in [0.1, 0.15) is 5.56 Å². The fourth-order valence-corrected chi connectivity index (χ4v) is 4.86. The molecule has 2 aromatic carbocycles. The van der Waals surface area contributed by atoms with Gasteiger partial charge in [0.2, 0.25) is 15.9 Å². The first-order valence-corrected chi connectivity index (χ1v) is 11.3. The minimum atomic E-state index is -3.73. The summed E-state index contributed by atoms with van der Waals surface area (Å²) >= 11 is 0. The largest absolute Gasteiger partial charge is 0.379 e. The van der Waals surface area contributed by atoms with E-state index in [9.17, 15) is 22.4 Å². The Hall–Kier alpha value is -3.15. The number of nitrogens with zero attached hydrogens (tertiary/aromatic N) is 3. The van der Waals surface area contributed by atoms with E-state index in [1.54, 1.807) is 13.0 Å². The summed E-state index contributed by atoms with van der Waals surface area (Å²) in [5, 5.41) is 2.72. The van der Waals surface area contributed by atoms with Gasteiger partial charge in [0.15, 0.2) is 0 Å². The molecule has 1 aliphatic rings. The number of morpholine rings is 1. The second-order valence-electron chi connectivity index (χ2n) is 7.38. The van der Waals surface area contributed by atoms with Gasteiger partial charge in [0.1, 0.15) is 12.4 Å². The highest BCUT2D eigenvalue weighted by Gasteiger charge is 2.27. The molecule has 0 radical (unpaired) electrons. The fourth-order valence-electron chi connectivity index (χ4n) is 3.42. The zero-order valence-corrected chi connectivity index (χ0v) is 18.1. The van der Waals surface area contributed by atoms with Crippen molar-refractivity contribution in [3.05, 3.63) is 64.5 Å². The van der Waals surface area contributed by atoms with Crippen molar-refractivity contribution in [3.8, 4) is 0 Å². The van der Waals surface area contributed by atoms with E-state index in [1.165, 1.54) is 34.9 Å². The van der Waals surface area contributed by atoms with Crippen LogP contribution in [0.25, 0.3) is 10.9 Å². The number of carbonyl (C=O) groups excluding carboxylic acids is 1. The van der Waals surface area contributed by atoms with Crippen molar-refractivity contribution in [1.29, 1.82) is 0 Å². The van der Waals surface area contributed by atoms with Crippen molar-refractivity contribution in [2.45, 2.75) is 18.4 Å². The first-order valence-electron chi connectivity index (χ1n) is 9.89. The van der Waals surface area contributed by atoms with Gasteiger partial charge in [0.05, 0.1) is 35.3 Å². The van der Waals surface area contributed by atoms with Crippen molar-refractivity contribution in [2.75, 3.05) is 31.6 Å². The highest BCUT2D eigenvalue weighted by molar-refractivity contribution is 7.89. The van der Waals surface area contributed by atoms with E-state index in [0.29, 0.717) is 30.0 Å². The molecule has 9 nitrogen and oxygen atoms in total. The van der Waals surface area contributed by atoms with Gasteiger partial charge in [-0.05, 0) is 42.8 Å². The van der Waals surface area contributed by atoms with Gasteiger partial charge in [0, 0.05) is 18.8 Å². The quantitative estimate of drug-likeness (QED) is 0.618. The topological polar surface area (TPSA) is 111 Å². The second kappa shape index (κ2) is 8.77. The van der Waals surface area contributed by atoms with E-state index in [0.717, 1.165) is 10.6 Å². The summed E-state index contributed by atoms with van der Waals surface area (Å²) < 4.78 is 46.9. The molecule has 1 aliphatic heterocycles. The molecule has 2 heterocycles. The van der Waals surface area contributed by atoms with Crippen molar-refractivity contribution in [2.24, 2.45) is 0 Å². The molecule has 0 spiro atoms. The van der Waals surface area contributed by atoms with Crippen LogP contribution in [0.2, 0.25) is 0 Å². The summed E-state index contributed by atoms with van der Waals surface area (Å²) in [6, 6.07) is 8.16. The van der Waals surface area contributed by atoms with E-state index >= 15 is 0 Å². The second-order valence-corrected chi connectivity index (χ2v) is 9.32. The van der Waals surface area contributed by atoms with Crippen molar-refractivity contribution >= 4 is 32.5 Å². The van der Waals surface area contributed by atoms with Gasteiger partial charge < -0.3 is 10.1 Å². The molecule has 1 aromatic heterocycles. The molecule has 168 valence electrons. The Balaban J connectivity index is 1.56. The molecule has 0 unspecified atom stereocenters. The maximum atomic E-state index is 13.5. The maximum Gasteiger partial charge on any atom is 0.261 e. The number of nitrogens with one attached hydrogen (secondary N) is 1. The molecule has 1 saturated heterocycles. The van der Waals surface area contributed by atoms with E-state index in [4.69, 9.17) is 4.74 Å². The number of halogens is 1. The SMILES string of the molecule is Cc1ccc(S(=O)(=O)N2CCOCC2)cc1NC(=O)Cn1cnc2ccc(F)cc2c1=O. The molecule has 3 aromatic rings. The Morgan fingerprint density at radius 3 is 2.69 bits per heavy atom. The van der Waals surface area contributed by atoms with Crippen LogP contribution in [-0.4, -0.2) is 54.5 Å². The van der Waals surface area contributed by atoms with E-state index in [-0.39, 0.29) is 29.9 Å². The number of aryl methyl sites for hydroxylation is 1. The predicted octanol–water partition coefficient (Wildman–Crippen LogP) is 1.50. The Kier molecular flexibility index (Phi) is 6.04. The average Bonchev–Trinajstić information content (AvgIpc) is 2.78. The van der Waals surface area contributed by atoms with E-state index < -0.39 is 27.3 Å². The lowest BCUT2D eigenvalue weighted by molar-refractivity contribution is -0.116. The fraction of sp³-hybridized carbons (Fsp3) is 0.286.